The normalized spacial score (nSPS) is 10.0. The number of carbonyl (C=O) groups is 2. The lowest BCUT2D eigenvalue weighted by Gasteiger charge is -2.05. The van der Waals surface area contributed by atoms with Crippen molar-refractivity contribution in [2.45, 2.75) is 13.8 Å². The van der Waals surface area contributed by atoms with E-state index in [0.29, 0.717) is 22.6 Å². The van der Waals surface area contributed by atoms with Gasteiger partial charge in [-0.25, -0.2) is 0 Å². The molecule has 0 bridgehead atoms. The van der Waals surface area contributed by atoms with Crippen LogP contribution in [0.25, 0.3) is 0 Å². The zero-order valence-electron chi connectivity index (χ0n) is 11.7. The quantitative estimate of drug-likeness (QED) is 0.462. The van der Waals surface area contributed by atoms with Crippen LogP contribution < -0.4 is 9.78 Å². The molecule has 2 aromatic carbocycles. The standard InChI is InChI=1S/C16H14O5/c1-11(17)13-3-7-15(8-4-13)19-21-20-16-9-5-14(6-10-16)12(2)18/h3-10H,1-2H3. The van der Waals surface area contributed by atoms with E-state index in [0.717, 1.165) is 0 Å². The average Bonchev–Trinajstić information content (AvgIpc) is 2.48. The molecule has 0 heterocycles. The molecule has 0 aromatic heterocycles. The SMILES string of the molecule is CC(=O)c1ccc(OOOc2ccc(C(C)=O)cc2)cc1. The summed E-state index contributed by atoms with van der Waals surface area (Å²) in [4.78, 5) is 32.1. The number of hydrogen-bond acceptors (Lipinski definition) is 5. The molecule has 0 atom stereocenters. The molecule has 108 valence electrons. The molecule has 0 fully saturated rings. The van der Waals surface area contributed by atoms with Gasteiger partial charge in [-0.05, 0) is 62.4 Å². The maximum atomic E-state index is 11.1. The Bertz CT molecular complexity index is 571. The van der Waals surface area contributed by atoms with E-state index in [1.165, 1.54) is 13.8 Å². The van der Waals surface area contributed by atoms with Crippen molar-refractivity contribution in [2.75, 3.05) is 0 Å². The van der Waals surface area contributed by atoms with E-state index in [-0.39, 0.29) is 11.6 Å². The number of hydrogen-bond donors (Lipinski definition) is 0. The minimum atomic E-state index is -0.0238. The number of ketones is 2. The van der Waals surface area contributed by atoms with Gasteiger partial charge in [0.1, 0.15) is 0 Å². The first kappa shape index (κ1) is 14.7. The van der Waals surface area contributed by atoms with E-state index < -0.39 is 0 Å². The van der Waals surface area contributed by atoms with Crippen LogP contribution in [-0.2, 0) is 5.04 Å². The summed E-state index contributed by atoms with van der Waals surface area (Å²) < 4.78 is 0. The van der Waals surface area contributed by atoms with Crippen LogP contribution in [0.4, 0.5) is 0 Å². The van der Waals surface area contributed by atoms with Gasteiger partial charge >= 0.3 is 0 Å². The second-order valence-corrected chi connectivity index (χ2v) is 4.40. The van der Waals surface area contributed by atoms with E-state index in [1.807, 2.05) is 0 Å². The molecule has 0 unspecified atom stereocenters. The van der Waals surface area contributed by atoms with Crippen LogP contribution in [0.5, 0.6) is 11.5 Å². The zero-order chi connectivity index (χ0) is 15.2. The molecule has 5 heteroatoms. The van der Waals surface area contributed by atoms with Crippen molar-refractivity contribution in [3.8, 4) is 11.5 Å². The highest BCUT2D eigenvalue weighted by molar-refractivity contribution is 5.94. The maximum absolute atomic E-state index is 11.1. The summed E-state index contributed by atoms with van der Waals surface area (Å²) in [6.45, 7) is 2.97. The van der Waals surface area contributed by atoms with Crippen LogP contribution in [0.2, 0.25) is 0 Å². The minimum absolute atomic E-state index is 0.0238. The Hall–Kier alpha value is -2.66. The van der Waals surface area contributed by atoms with Crippen molar-refractivity contribution >= 4 is 11.6 Å². The Morgan fingerprint density at radius 2 is 1.00 bits per heavy atom. The lowest BCUT2D eigenvalue weighted by Crippen LogP contribution is -2.02. The van der Waals surface area contributed by atoms with E-state index in [1.54, 1.807) is 48.5 Å². The Labute approximate surface area is 121 Å². The lowest BCUT2D eigenvalue weighted by molar-refractivity contribution is -0.411. The number of rotatable bonds is 6. The molecule has 0 aliphatic heterocycles. The van der Waals surface area contributed by atoms with Gasteiger partial charge in [-0.1, -0.05) is 0 Å². The van der Waals surface area contributed by atoms with E-state index in [4.69, 9.17) is 9.78 Å². The van der Waals surface area contributed by atoms with Gasteiger partial charge in [0.2, 0.25) is 0 Å². The zero-order valence-corrected chi connectivity index (χ0v) is 11.7. The molecule has 0 radical (unpaired) electrons. The third-order valence-corrected chi connectivity index (χ3v) is 2.78. The molecule has 0 saturated heterocycles. The van der Waals surface area contributed by atoms with Gasteiger partial charge in [-0.2, -0.15) is 0 Å². The first-order chi connectivity index (χ1) is 10.1. The summed E-state index contributed by atoms with van der Waals surface area (Å²) in [7, 11) is 0. The predicted molar refractivity (Wildman–Crippen MR) is 75.2 cm³/mol. The highest BCUT2D eigenvalue weighted by Gasteiger charge is 2.03. The van der Waals surface area contributed by atoms with Gasteiger partial charge in [0.25, 0.3) is 0 Å². The summed E-state index contributed by atoms with van der Waals surface area (Å²) in [5.41, 5.74) is 1.17. The second-order valence-electron chi connectivity index (χ2n) is 4.40. The fourth-order valence-electron chi connectivity index (χ4n) is 1.59. The minimum Gasteiger partial charge on any atom is -0.299 e. The summed E-state index contributed by atoms with van der Waals surface area (Å²) in [6.07, 6.45) is 0. The number of Topliss-reactive ketones (excluding diaryl/α,β-unsaturated/α-hetero) is 2. The third kappa shape index (κ3) is 4.15. The monoisotopic (exact) mass is 286 g/mol. The van der Waals surface area contributed by atoms with E-state index in [2.05, 4.69) is 5.04 Å². The second kappa shape index (κ2) is 6.67. The van der Waals surface area contributed by atoms with Gasteiger partial charge in [-0.3, -0.25) is 19.4 Å². The van der Waals surface area contributed by atoms with Gasteiger partial charge in [0.15, 0.2) is 23.1 Å². The molecule has 0 saturated carbocycles. The van der Waals surface area contributed by atoms with Crippen molar-refractivity contribution in [2.24, 2.45) is 0 Å². The van der Waals surface area contributed by atoms with Crippen LogP contribution in [0.3, 0.4) is 0 Å². The maximum Gasteiger partial charge on any atom is 0.169 e. The van der Waals surface area contributed by atoms with E-state index in [9.17, 15) is 9.59 Å². The Morgan fingerprint density at radius 3 is 1.29 bits per heavy atom. The lowest BCUT2D eigenvalue weighted by atomic mass is 10.1. The van der Waals surface area contributed by atoms with E-state index >= 15 is 0 Å². The number of carbonyl (C=O) groups excluding carboxylic acids is 2. The molecule has 21 heavy (non-hydrogen) atoms. The van der Waals surface area contributed by atoms with Crippen LogP contribution in [-0.4, -0.2) is 11.6 Å². The molecule has 5 nitrogen and oxygen atoms in total. The topological polar surface area (TPSA) is 61.8 Å². The Kier molecular flexibility index (Phi) is 4.68. The molecule has 2 aromatic rings. The van der Waals surface area contributed by atoms with Gasteiger partial charge in [0.05, 0.1) is 0 Å². The molecular weight excluding hydrogens is 272 g/mol. The highest BCUT2D eigenvalue weighted by Crippen LogP contribution is 2.16. The highest BCUT2D eigenvalue weighted by atomic mass is 17.5. The first-order valence-corrected chi connectivity index (χ1v) is 6.29. The average molecular weight is 286 g/mol. The fourth-order valence-corrected chi connectivity index (χ4v) is 1.59. The summed E-state index contributed by atoms with van der Waals surface area (Å²) >= 11 is 0. The Balaban J connectivity index is 1.86. The molecule has 0 aliphatic carbocycles. The number of benzene rings is 2. The van der Waals surface area contributed by atoms with Gasteiger partial charge < -0.3 is 0 Å². The molecule has 0 N–H and O–H groups in total. The van der Waals surface area contributed by atoms with Crippen molar-refractivity contribution in [3.05, 3.63) is 59.7 Å². The van der Waals surface area contributed by atoms with Gasteiger partial charge in [-0.15, -0.1) is 0 Å². The van der Waals surface area contributed by atoms with Crippen molar-refractivity contribution in [1.29, 1.82) is 0 Å². The van der Waals surface area contributed by atoms with Crippen LogP contribution in [0.15, 0.2) is 48.5 Å². The van der Waals surface area contributed by atoms with Crippen LogP contribution >= 0.6 is 0 Å². The molecule has 2 rings (SSSR count). The van der Waals surface area contributed by atoms with Crippen molar-refractivity contribution in [1.82, 2.24) is 0 Å². The van der Waals surface area contributed by atoms with Crippen molar-refractivity contribution in [3.63, 3.8) is 0 Å². The summed E-state index contributed by atoms with van der Waals surface area (Å²) in [5.74, 6) is 0.759. The Morgan fingerprint density at radius 1 is 0.667 bits per heavy atom. The van der Waals surface area contributed by atoms with Crippen LogP contribution in [0.1, 0.15) is 34.6 Å². The predicted octanol–water partition coefficient (Wildman–Crippen LogP) is 3.40. The smallest absolute Gasteiger partial charge is 0.169 e. The fraction of sp³-hybridized carbons (Fsp3) is 0.125. The van der Waals surface area contributed by atoms with Crippen LogP contribution in [0, 0.1) is 0 Å². The molecular formula is C16H14O5. The first-order valence-electron chi connectivity index (χ1n) is 6.29. The van der Waals surface area contributed by atoms with Crippen molar-refractivity contribution < 1.29 is 24.4 Å². The summed E-state index contributed by atoms with van der Waals surface area (Å²) in [6, 6.07) is 12.9. The van der Waals surface area contributed by atoms with Gasteiger partial charge in [0, 0.05) is 16.2 Å². The molecule has 0 spiro atoms. The largest absolute Gasteiger partial charge is 0.299 e. The third-order valence-electron chi connectivity index (χ3n) is 2.78. The molecule has 0 amide bonds. The molecule has 0 aliphatic rings. The summed E-state index contributed by atoms with van der Waals surface area (Å²) in [5, 5.41) is 4.64.